The number of rotatable bonds is 4. The molecule has 0 heterocycles. The lowest BCUT2D eigenvalue weighted by molar-refractivity contribution is 0.112. The average molecular weight is 581 g/mol. The molecule has 3 heteroatoms. The Morgan fingerprint density at radius 1 is 0.795 bits per heavy atom. The Morgan fingerprint density at radius 2 is 1.55 bits per heavy atom. The fraction of sp³-hybridized carbons (Fsp3) is 0.244. The minimum Gasteiger partial charge on any atom is -0.496 e. The number of hydrogen-bond acceptors (Lipinski definition) is 2. The lowest BCUT2D eigenvalue weighted by Gasteiger charge is -2.40. The number of aryl methyl sites for hydroxylation is 1. The van der Waals surface area contributed by atoms with Crippen LogP contribution < -0.4 is 4.74 Å². The van der Waals surface area contributed by atoms with Gasteiger partial charge in [0, 0.05) is 5.56 Å². The van der Waals surface area contributed by atoms with Crippen LogP contribution in [0, 0.1) is 18.2 Å². The van der Waals surface area contributed by atoms with Gasteiger partial charge in [-0.15, -0.1) is 0 Å². The molecule has 0 saturated carbocycles. The smallest absolute Gasteiger partial charge is 0.153 e. The number of fused-ring (bicyclic) bond motifs is 5. The second-order valence-corrected chi connectivity index (χ2v) is 13.8. The van der Waals surface area contributed by atoms with Gasteiger partial charge in [0.1, 0.15) is 11.6 Å². The Morgan fingerprint density at radius 3 is 2.32 bits per heavy atom. The van der Waals surface area contributed by atoms with Gasteiger partial charge in [-0.05, 0) is 104 Å². The van der Waals surface area contributed by atoms with Crippen LogP contribution in [0.3, 0.4) is 0 Å². The van der Waals surface area contributed by atoms with Crippen LogP contribution in [0.2, 0.25) is 0 Å². The number of allylic oxidation sites excluding steroid dienone is 4. The van der Waals surface area contributed by atoms with E-state index in [1.807, 2.05) is 24.3 Å². The van der Waals surface area contributed by atoms with Crippen molar-refractivity contribution in [2.24, 2.45) is 5.41 Å². The molecule has 0 atom stereocenters. The van der Waals surface area contributed by atoms with Crippen molar-refractivity contribution in [2.75, 3.05) is 7.11 Å². The summed E-state index contributed by atoms with van der Waals surface area (Å²) in [6, 6.07) is 24.4. The SMILES string of the molecule is COc1ccc(C=O)c(F)c1-c1c(-c2cc3ccc4c(c3cc2C)C(C)(C)CC2=C4C=CC(C)(C)C2)ccc2ccccc12. The van der Waals surface area contributed by atoms with Crippen molar-refractivity contribution >= 4 is 33.4 Å². The van der Waals surface area contributed by atoms with Crippen molar-refractivity contribution in [3.05, 3.63) is 119 Å². The van der Waals surface area contributed by atoms with E-state index in [4.69, 9.17) is 4.74 Å². The third-order valence-corrected chi connectivity index (χ3v) is 9.69. The van der Waals surface area contributed by atoms with Crippen LogP contribution in [0.4, 0.5) is 4.39 Å². The number of methoxy groups -OCH3 is 1. The summed E-state index contributed by atoms with van der Waals surface area (Å²) in [6.45, 7) is 11.5. The Bertz CT molecular complexity index is 2090. The van der Waals surface area contributed by atoms with Crippen molar-refractivity contribution < 1.29 is 13.9 Å². The first kappa shape index (κ1) is 28.3. The van der Waals surface area contributed by atoms with Gasteiger partial charge in [0.25, 0.3) is 0 Å². The second-order valence-electron chi connectivity index (χ2n) is 13.8. The van der Waals surface area contributed by atoms with E-state index in [1.165, 1.54) is 28.2 Å². The molecule has 5 aromatic rings. The predicted octanol–water partition coefficient (Wildman–Crippen LogP) is 11.0. The highest BCUT2D eigenvalue weighted by atomic mass is 19.1. The third kappa shape index (κ3) is 4.32. The first-order chi connectivity index (χ1) is 21.0. The quantitative estimate of drug-likeness (QED) is 0.198. The van der Waals surface area contributed by atoms with Crippen LogP contribution in [0.15, 0.2) is 90.5 Å². The standard InChI is InChI=1S/C41H37FO2/c1-24-19-34-26(12-15-32-29-17-18-40(2,3)21-28(29)22-41(4,5)38(32)34)20-33(24)31-14-11-25-9-7-8-10-30(25)36(31)37-35(44-6)16-13-27(23-43)39(37)42/h7-20,23H,21-22H2,1-6H3. The maximum Gasteiger partial charge on any atom is 0.153 e. The third-order valence-electron chi connectivity index (χ3n) is 9.69. The number of ether oxygens (including phenoxy) is 1. The molecule has 5 aromatic carbocycles. The summed E-state index contributed by atoms with van der Waals surface area (Å²) in [6.07, 6.45) is 7.41. The van der Waals surface area contributed by atoms with Crippen LogP contribution in [0.1, 0.15) is 67.6 Å². The predicted molar refractivity (Wildman–Crippen MR) is 181 cm³/mol. The molecule has 2 nitrogen and oxygen atoms in total. The molecular weight excluding hydrogens is 543 g/mol. The van der Waals surface area contributed by atoms with Gasteiger partial charge in [-0.1, -0.05) is 100 Å². The van der Waals surface area contributed by atoms with Gasteiger partial charge in [-0.25, -0.2) is 4.39 Å². The minimum atomic E-state index is -0.570. The number of halogens is 1. The highest BCUT2D eigenvalue weighted by Gasteiger charge is 2.36. The van der Waals surface area contributed by atoms with Crippen molar-refractivity contribution in [2.45, 2.75) is 52.9 Å². The maximum absolute atomic E-state index is 16.1. The highest BCUT2D eigenvalue weighted by Crippen LogP contribution is 2.52. The molecule has 0 aromatic heterocycles. The van der Waals surface area contributed by atoms with Crippen LogP contribution in [-0.4, -0.2) is 13.4 Å². The fourth-order valence-corrected chi connectivity index (χ4v) is 7.75. The van der Waals surface area contributed by atoms with Crippen LogP contribution in [0.5, 0.6) is 5.75 Å². The zero-order valence-electron chi connectivity index (χ0n) is 26.3. The molecule has 0 N–H and O–H groups in total. The fourth-order valence-electron chi connectivity index (χ4n) is 7.75. The molecule has 0 amide bonds. The van der Waals surface area contributed by atoms with Gasteiger partial charge in [0.05, 0.1) is 18.2 Å². The molecule has 0 fully saturated rings. The Balaban J connectivity index is 1.51. The molecule has 0 saturated heterocycles. The summed E-state index contributed by atoms with van der Waals surface area (Å²) in [5, 5.41) is 4.33. The number of hydrogen-bond donors (Lipinski definition) is 0. The molecule has 44 heavy (non-hydrogen) atoms. The van der Waals surface area contributed by atoms with Gasteiger partial charge in [-0.3, -0.25) is 4.79 Å². The van der Waals surface area contributed by atoms with E-state index in [0.29, 0.717) is 17.6 Å². The van der Waals surface area contributed by atoms with E-state index in [9.17, 15) is 4.79 Å². The number of carbonyl (C=O) groups excluding carboxylic acids is 1. The largest absolute Gasteiger partial charge is 0.496 e. The van der Waals surface area contributed by atoms with Gasteiger partial charge in [0.15, 0.2) is 6.29 Å². The monoisotopic (exact) mass is 580 g/mol. The lowest BCUT2D eigenvalue weighted by Crippen LogP contribution is -2.27. The number of aldehydes is 1. The maximum atomic E-state index is 16.1. The molecule has 0 unspecified atom stereocenters. The van der Waals surface area contributed by atoms with E-state index in [2.05, 4.69) is 83.2 Å². The van der Waals surface area contributed by atoms with Gasteiger partial charge >= 0.3 is 0 Å². The van der Waals surface area contributed by atoms with Crippen molar-refractivity contribution in [3.8, 4) is 28.0 Å². The lowest BCUT2D eigenvalue weighted by atomic mass is 9.64. The van der Waals surface area contributed by atoms with Crippen LogP contribution in [0.25, 0.3) is 49.4 Å². The summed E-state index contributed by atoms with van der Waals surface area (Å²) in [4.78, 5) is 11.8. The summed E-state index contributed by atoms with van der Waals surface area (Å²) in [5.41, 5.74) is 9.95. The van der Waals surface area contributed by atoms with E-state index in [0.717, 1.165) is 51.3 Å². The topological polar surface area (TPSA) is 26.3 Å². The summed E-state index contributed by atoms with van der Waals surface area (Å²) in [5.74, 6) is -0.174. The van der Waals surface area contributed by atoms with Gasteiger partial charge in [0.2, 0.25) is 0 Å². The Labute approximate surface area is 258 Å². The summed E-state index contributed by atoms with van der Waals surface area (Å²) < 4.78 is 21.8. The first-order valence-corrected chi connectivity index (χ1v) is 15.4. The van der Waals surface area contributed by atoms with Gasteiger partial charge in [-0.2, -0.15) is 0 Å². The average Bonchev–Trinajstić information content (AvgIpc) is 2.99. The van der Waals surface area contributed by atoms with Gasteiger partial charge < -0.3 is 4.74 Å². The van der Waals surface area contributed by atoms with E-state index >= 15 is 4.39 Å². The molecular formula is C41H37FO2. The van der Waals surface area contributed by atoms with Crippen LogP contribution in [-0.2, 0) is 5.41 Å². The zero-order chi connectivity index (χ0) is 31.0. The molecule has 220 valence electrons. The Kier molecular flexibility index (Phi) is 6.44. The molecule has 0 bridgehead atoms. The molecule has 2 aliphatic carbocycles. The number of benzene rings is 5. The van der Waals surface area contributed by atoms with E-state index in [-0.39, 0.29) is 16.4 Å². The van der Waals surface area contributed by atoms with Crippen molar-refractivity contribution in [3.63, 3.8) is 0 Å². The molecule has 7 rings (SSSR count). The molecule has 0 aliphatic heterocycles. The molecule has 0 spiro atoms. The zero-order valence-corrected chi connectivity index (χ0v) is 26.3. The van der Waals surface area contributed by atoms with E-state index in [1.54, 1.807) is 18.7 Å². The Hall–Kier alpha value is -4.50. The summed E-state index contributed by atoms with van der Waals surface area (Å²) >= 11 is 0. The minimum absolute atomic E-state index is 0.0111. The normalized spacial score (nSPS) is 16.6. The first-order valence-electron chi connectivity index (χ1n) is 15.4. The van der Waals surface area contributed by atoms with Crippen LogP contribution >= 0.6 is 0 Å². The summed E-state index contributed by atoms with van der Waals surface area (Å²) in [7, 11) is 1.54. The second kappa shape index (κ2) is 10.0. The van der Waals surface area contributed by atoms with Crippen molar-refractivity contribution in [1.82, 2.24) is 0 Å². The van der Waals surface area contributed by atoms with Crippen molar-refractivity contribution in [1.29, 1.82) is 0 Å². The highest BCUT2D eigenvalue weighted by molar-refractivity contribution is 6.08. The molecule has 2 aliphatic rings. The molecule has 0 radical (unpaired) electrons. The number of carbonyl (C=O) groups is 1. The van der Waals surface area contributed by atoms with E-state index < -0.39 is 5.82 Å².